The first kappa shape index (κ1) is 24.7. The Labute approximate surface area is 205 Å². The Morgan fingerprint density at radius 2 is 1.60 bits per heavy atom. The summed E-state index contributed by atoms with van der Waals surface area (Å²) >= 11 is 0. The van der Waals surface area contributed by atoms with Crippen LogP contribution in [0.15, 0.2) is 48.5 Å². The summed E-state index contributed by atoms with van der Waals surface area (Å²) in [6, 6.07) is 16.5. The van der Waals surface area contributed by atoms with Crippen LogP contribution in [0.4, 0.5) is 4.79 Å². The summed E-state index contributed by atoms with van der Waals surface area (Å²) in [5.74, 6) is -0.879. The molecular weight excluding hydrogens is 446 g/mol. The molecule has 0 aromatic heterocycles. The zero-order chi connectivity index (χ0) is 24.8. The van der Waals surface area contributed by atoms with Crippen LogP contribution in [0.25, 0.3) is 11.1 Å². The Bertz CT molecular complexity index is 1020. The van der Waals surface area contributed by atoms with Gasteiger partial charge in [0.05, 0.1) is 6.54 Å². The molecule has 2 aliphatic rings. The number of amides is 2. The van der Waals surface area contributed by atoms with Gasteiger partial charge >= 0.3 is 12.1 Å². The molecule has 1 atom stereocenters. The Morgan fingerprint density at radius 3 is 2.20 bits per heavy atom. The highest BCUT2D eigenvalue weighted by atomic mass is 16.5. The summed E-state index contributed by atoms with van der Waals surface area (Å²) in [4.78, 5) is 39.5. The first-order valence-corrected chi connectivity index (χ1v) is 12.3. The number of alkyl carbamates (subject to hydrolysis) is 1. The standard InChI is InChI=1S/C27H33N3O5/c1-19(26(33)30-15-13-29(14-16-30)17-25(31)32)7-6-12-28-27(34)35-18-24-22-10-4-2-8-20(22)21-9-3-5-11-23(21)24/h2-5,8-11,19,24H,6-7,12-18H2,1H3,(H,28,34)(H,31,32). The van der Waals surface area contributed by atoms with Gasteiger partial charge in [0, 0.05) is 44.6 Å². The molecule has 8 nitrogen and oxygen atoms in total. The number of rotatable bonds is 9. The molecule has 2 aromatic rings. The number of carboxylic acid groups (broad SMARTS) is 1. The predicted octanol–water partition coefficient (Wildman–Crippen LogP) is 3.17. The fourth-order valence-electron chi connectivity index (χ4n) is 5.00. The van der Waals surface area contributed by atoms with Crippen LogP contribution in [-0.2, 0) is 14.3 Å². The number of benzene rings is 2. The minimum Gasteiger partial charge on any atom is -0.480 e. The molecule has 8 heteroatoms. The van der Waals surface area contributed by atoms with E-state index in [1.807, 2.05) is 41.0 Å². The van der Waals surface area contributed by atoms with Crippen molar-refractivity contribution in [3.63, 3.8) is 0 Å². The van der Waals surface area contributed by atoms with E-state index < -0.39 is 12.1 Å². The fourth-order valence-corrected chi connectivity index (χ4v) is 5.00. The second-order valence-corrected chi connectivity index (χ2v) is 9.29. The summed E-state index contributed by atoms with van der Waals surface area (Å²) in [6.45, 7) is 4.90. The number of carboxylic acids is 1. The number of aliphatic carboxylic acids is 1. The van der Waals surface area contributed by atoms with Gasteiger partial charge in [0.1, 0.15) is 6.61 Å². The van der Waals surface area contributed by atoms with Crippen LogP contribution in [0.1, 0.15) is 36.8 Å². The normalized spacial score (nSPS) is 16.3. The largest absolute Gasteiger partial charge is 0.480 e. The zero-order valence-electron chi connectivity index (χ0n) is 20.1. The van der Waals surface area contributed by atoms with Crippen molar-refractivity contribution in [1.82, 2.24) is 15.1 Å². The van der Waals surface area contributed by atoms with Crippen molar-refractivity contribution in [3.05, 3.63) is 59.7 Å². The molecule has 2 N–H and O–H groups in total. The number of hydrogen-bond donors (Lipinski definition) is 2. The van der Waals surface area contributed by atoms with E-state index in [0.717, 1.165) is 0 Å². The van der Waals surface area contributed by atoms with E-state index in [-0.39, 0.29) is 30.9 Å². The second kappa shape index (κ2) is 11.4. The molecule has 2 aromatic carbocycles. The Balaban J connectivity index is 1.16. The van der Waals surface area contributed by atoms with Gasteiger partial charge in [-0.3, -0.25) is 14.5 Å². The van der Waals surface area contributed by atoms with Gasteiger partial charge in [-0.05, 0) is 35.1 Å². The van der Waals surface area contributed by atoms with Crippen LogP contribution in [0.5, 0.6) is 0 Å². The Morgan fingerprint density at radius 1 is 1.00 bits per heavy atom. The monoisotopic (exact) mass is 479 g/mol. The lowest BCUT2D eigenvalue weighted by Crippen LogP contribution is -2.51. The van der Waals surface area contributed by atoms with Gasteiger partial charge in [0.25, 0.3) is 0 Å². The molecule has 0 radical (unpaired) electrons. The lowest BCUT2D eigenvalue weighted by molar-refractivity contribution is -0.140. The molecule has 186 valence electrons. The molecule has 1 aliphatic heterocycles. The third-order valence-electron chi connectivity index (χ3n) is 6.89. The van der Waals surface area contributed by atoms with Crippen LogP contribution in [-0.4, -0.2) is 78.8 Å². The molecule has 1 heterocycles. The van der Waals surface area contributed by atoms with Crippen molar-refractivity contribution in [1.29, 1.82) is 0 Å². The lowest BCUT2D eigenvalue weighted by atomic mass is 9.98. The predicted molar refractivity (Wildman–Crippen MR) is 132 cm³/mol. The van der Waals surface area contributed by atoms with Gasteiger partial charge in [0.2, 0.25) is 5.91 Å². The third kappa shape index (κ3) is 6.00. The maximum Gasteiger partial charge on any atom is 0.407 e. The number of nitrogens with zero attached hydrogens (tertiary/aromatic N) is 2. The van der Waals surface area contributed by atoms with E-state index >= 15 is 0 Å². The van der Waals surface area contributed by atoms with E-state index in [0.29, 0.717) is 45.6 Å². The van der Waals surface area contributed by atoms with E-state index in [1.54, 1.807) is 0 Å². The highest BCUT2D eigenvalue weighted by Crippen LogP contribution is 2.44. The smallest absolute Gasteiger partial charge is 0.407 e. The van der Waals surface area contributed by atoms with Crippen LogP contribution in [0, 0.1) is 5.92 Å². The van der Waals surface area contributed by atoms with Crippen molar-refractivity contribution in [2.24, 2.45) is 5.92 Å². The summed E-state index contributed by atoms with van der Waals surface area (Å²) in [6.07, 6.45) is 0.897. The van der Waals surface area contributed by atoms with E-state index in [4.69, 9.17) is 9.84 Å². The number of ether oxygens (including phenoxy) is 1. The van der Waals surface area contributed by atoms with Gasteiger partial charge < -0.3 is 20.1 Å². The topological polar surface area (TPSA) is 99.2 Å². The average molecular weight is 480 g/mol. The molecule has 2 amide bonds. The summed E-state index contributed by atoms with van der Waals surface area (Å²) in [5.41, 5.74) is 4.74. The summed E-state index contributed by atoms with van der Waals surface area (Å²) in [7, 11) is 0. The van der Waals surface area contributed by atoms with E-state index in [1.165, 1.54) is 22.3 Å². The highest BCUT2D eigenvalue weighted by Gasteiger charge is 2.29. The van der Waals surface area contributed by atoms with Crippen molar-refractivity contribution < 1.29 is 24.2 Å². The molecule has 1 fully saturated rings. The Hall–Kier alpha value is -3.39. The first-order chi connectivity index (χ1) is 16.9. The lowest BCUT2D eigenvalue weighted by Gasteiger charge is -2.35. The molecule has 0 spiro atoms. The van der Waals surface area contributed by atoms with Crippen LogP contribution in [0.2, 0.25) is 0 Å². The second-order valence-electron chi connectivity index (χ2n) is 9.29. The van der Waals surface area contributed by atoms with Crippen LogP contribution >= 0.6 is 0 Å². The third-order valence-corrected chi connectivity index (χ3v) is 6.89. The molecule has 1 unspecified atom stereocenters. The number of carbonyl (C=O) groups excluding carboxylic acids is 2. The Kier molecular flexibility index (Phi) is 8.02. The number of hydrogen-bond acceptors (Lipinski definition) is 5. The SMILES string of the molecule is CC(CCCNC(=O)OCC1c2ccccc2-c2ccccc21)C(=O)N1CCN(CC(=O)O)CC1. The van der Waals surface area contributed by atoms with Gasteiger partial charge in [-0.1, -0.05) is 55.5 Å². The number of nitrogens with one attached hydrogen (secondary N) is 1. The minimum absolute atomic E-state index is 0.0130. The van der Waals surface area contributed by atoms with Crippen molar-refractivity contribution in [2.45, 2.75) is 25.7 Å². The maximum absolute atomic E-state index is 12.7. The number of fused-ring (bicyclic) bond motifs is 3. The van der Waals surface area contributed by atoms with E-state index in [9.17, 15) is 14.4 Å². The van der Waals surface area contributed by atoms with Gasteiger partial charge in [-0.15, -0.1) is 0 Å². The molecule has 35 heavy (non-hydrogen) atoms. The van der Waals surface area contributed by atoms with Crippen LogP contribution in [0.3, 0.4) is 0 Å². The maximum atomic E-state index is 12.7. The molecular formula is C27H33N3O5. The van der Waals surface area contributed by atoms with E-state index in [2.05, 4.69) is 29.6 Å². The van der Waals surface area contributed by atoms with Gasteiger partial charge in [-0.25, -0.2) is 4.79 Å². The highest BCUT2D eigenvalue weighted by molar-refractivity contribution is 5.79. The van der Waals surface area contributed by atoms with Crippen molar-refractivity contribution >= 4 is 18.0 Å². The van der Waals surface area contributed by atoms with Gasteiger partial charge in [-0.2, -0.15) is 0 Å². The minimum atomic E-state index is -0.845. The molecule has 4 rings (SSSR count). The summed E-state index contributed by atoms with van der Waals surface area (Å²) in [5, 5.41) is 11.7. The van der Waals surface area contributed by atoms with Crippen molar-refractivity contribution in [2.75, 3.05) is 45.9 Å². The first-order valence-electron chi connectivity index (χ1n) is 12.3. The van der Waals surface area contributed by atoms with Crippen LogP contribution < -0.4 is 5.32 Å². The van der Waals surface area contributed by atoms with Crippen molar-refractivity contribution in [3.8, 4) is 11.1 Å². The molecule has 0 saturated carbocycles. The molecule has 1 saturated heterocycles. The quantitative estimate of drug-likeness (QED) is 0.536. The fraction of sp³-hybridized carbons (Fsp3) is 0.444. The zero-order valence-corrected chi connectivity index (χ0v) is 20.1. The average Bonchev–Trinajstić information content (AvgIpc) is 3.18. The number of piperazine rings is 1. The molecule has 0 bridgehead atoms. The summed E-state index contributed by atoms with van der Waals surface area (Å²) < 4.78 is 5.56. The number of carbonyl (C=O) groups is 3. The molecule has 1 aliphatic carbocycles. The van der Waals surface area contributed by atoms with Gasteiger partial charge in [0.15, 0.2) is 0 Å².